The van der Waals surface area contributed by atoms with Gasteiger partial charge in [0.05, 0.1) is 0 Å². The second-order valence-electron chi connectivity index (χ2n) is 4.77. The van der Waals surface area contributed by atoms with E-state index in [0.29, 0.717) is 0 Å². The molecule has 0 bridgehead atoms. The predicted octanol–water partition coefficient (Wildman–Crippen LogP) is 4.74. The summed E-state index contributed by atoms with van der Waals surface area (Å²) in [5, 5.41) is 0. The fraction of sp³-hybridized carbons (Fsp3) is 0.250. The van der Waals surface area contributed by atoms with E-state index < -0.39 is 25.2 Å². The third kappa shape index (κ3) is 4.49. The molecule has 0 aliphatic heterocycles. The highest BCUT2D eigenvalue weighted by Gasteiger charge is 2.44. The van der Waals surface area contributed by atoms with Crippen molar-refractivity contribution in [3.63, 3.8) is 0 Å². The summed E-state index contributed by atoms with van der Waals surface area (Å²) in [7, 11) is -7.29. The Bertz CT molecular complexity index is 373. The number of rotatable bonds is 12. The summed E-state index contributed by atoms with van der Waals surface area (Å²) >= 11 is 0. The molecule has 116 valence electrons. The summed E-state index contributed by atoms with van der Waals surface area (Å²) in [4.78, 5) is 0. The van der Waals surface area contributed by atoms with Gasteiger partial charge in [0.25, 0.3) is 0 Å². The van der Waals surface area contributed by atoms with E-state index in [-0.39, 0.29) is 0 Å². The Hall–Kier alpha value is -0.989. The normalized spacial score (nSPS) is 12.3. The molecule has 0 aliphatic rings. The molecule has 0 aromatic rings. The standard InChI is InChI=1S/C16H28O2Si3/c1-9-19(10-2,11-3)17-21(15-7,16-8)18-20(12-4,13-5)14-6/h9-10,12-13,15-16H,1-2,4-5,7-8,11,14H2,3,6H3. The van der Waals surface area contributed by atoms with E-state index in [9.17, 15) is 0 Å². The van der Waals surface area contributed by atoms with Crippen LogP contribution in [-0.2, 0) is 8.23 Å². The van der Waals surface area contributed by atoms with E-state index in [0.717, 1.165) is 12.1 Å². The van der Waals surface area contributed by atoms with Gasteiger partial charge in [-0.25, -0.2) is 0 Å². The molecule has 0 aromatic carbocycles. The van der Waals surface area contributed by atoms with Crippen molar-refractivity contribution in [3.8, 4) is 0 Å². The number of hydrogen-bond acceptors (Lipinski definition) is 2. The highest BCUT2D eigenvalue weighted by Crippen LogP contribution is 2.28. The highest BCUT2D eigenvalue weighted by atomic mass is 28.5. The fourth-order valence-electron chi connectivity index (χ4n) is 1.92. The van der Waals surface area contributed by atoms with Gasteiger partial charge in [-0.2, -0.15) is 0 Å². The van der Waals surface area contributed by atoms with Crippen LogP contribution < -0.4 is 0 Å². The maximum absolute atomic E-state index is 6.46. The van der Waals surface area contributed by atoms with Gasteiger partial charge in [0.2, 0.25) is 16.6 Å². The topological polar surface area (TPSA) is 18.5 Å². The molecule has 0 atom stereocenters. The molecule has 0 amide bonds. The van der Waals surface area contributed by atoms with E-state index >= 15 is 0 Å². The average Bonchev–Trinajstić information content (AvgIpc) is 2.57. The second-order valence-corrected chi connectivity index (χ2v) is 15.5. The Morgan fingerprint density at radius 3 is 1.05 bits per heavy atom. The molecule has 5 heteroatoms. The van der Waals surface area contributed by atoms with Crippen LogP contribution in [0.25, 0.3) is 0 Å². The maximum Gasteiger partial charge on any atom is 0.371 e. The van der Waals surface area contributed by atoms with E-state index in [1.807, 2.05) is 22.8 Å². The monoisotopic (exact) mass is 336 g/mol. The van der Waals surface area contributed by atoms with Crippen molar-refractivity contribution in [2.75, 3.05) is 0 Å². The van der Waals surface area contributed by atoms with Gasteiger partial charge in [0.15, 0.2) is 0 Å². The zero-order valence-electron chi connectivity index (χ0n) is 13.4. The molecular formula is C16H28O2Si3. The van der Waals surface area contributed by atoms with Gasteiger partial charge in [-0.1, -0.05) is 36.6 Å². The minimum atomic E-state index is -2.77. The van der Waals surface area contributed by atoms with E-state index in [4.69, 9.17) is 8.23 Å². The molecule has 0 saturated carbocycles. The van der Waals surface area contributed by atoms with Crippen molar-refractivity contribution in [2.24, 2.45) is 0 Å². The molecule has 0 fully saturated rings. The molecule has 0 aliphatic carbocycles. The fourth-order valence-corrected chi connectivity index (χ4v) is 12.7. The van der Waals surface area contributed by atoms with Crippen molar-refractivity contribution in [2.45, 2.75) is 25.9 Å². The Kier molecular flexibility index (Phi) is 8.05. The Labute approximate surface area is 133 Å². The summed E-state index contributed by atoms with van der Waals surface area (Å²) in [5.74, 6) is 0. The zero-order valence-corrected chi connectivity index (χ0v) is 16.4. The molecule has 0 radical (unpaired) electrons. The lowest BCUT2D eigenvalue weighted by Gasteiger charge is -2.39. The first-order chi connectivity index (χ1) is 9.90. The van der Waals surface area contributed by atoms with Crippen LogP contribution in [0.1, 0.15) is 13.8 Å². The molecule has 0 N–H and O–H groups in total. The molecule has 0 unspecified atom stereocenters. The summed E-state index contributed by atoms with van der Waals surface area (Å²) < 4.78 is 12.9. The SMILES string of the molecule is C=C[Si](C=C)(CC)O[Si](C=C)(C=C)O[Si](C=C)(C=C)CC. The molecule has 0 rings (SSSR count). The summed E-state index contributed by atoms with van der Waals surface area (Å²) in [6.07, 6.45) is 0. The maximum atomic E-state index is 6.46. The Balaban J connectivity index is 5.74. The minimum Gasteiger partial charge on any atom is -0.423 e. The van der Waals surface area contributed by atoms with E-state index in [1.54, 1.807) is 11.4 Å². The molecule has 0 spiro atoms. The molecule has 21 heavy (non-hydrogen) atoms. The lowest BCUT2D eigenvalue weighted by atomic mass is 11.0. The van der Waals surface area contributed by atoms with Crippen LogP contribution in [0, 0.1) is 0 Å². The first kappa shape index (κ1) is 20.0. The molecule has 0 saturated heterocycles. The van der Waals surface area contributed by atoms with Crippen molar-refractivity contribution in [3.05, 3.63) is 73.7 Å². The van der Waals surface area contributed by atoms with Gasteiger partial charge in [-0.3, -0.25) is 0 Å². The largest absolute Gasteiger partial charge is 0.423 e. The first-order valence-electron chi connectivity index (χ1n) is 7.12. The van der Waals surface area contributed by atoms with Gasteiger partial charge in [0.1, 0.15) is 0 Å². The van der Waals surface area contributed by atoms with Gasteiger partial charge in [-0.15, -0.1) is 39.5 Å². The van der Waals surface area contributed by atoms with Gasteiger partial charge in [0, 0.05) is 0 Å². The summed E-state index contributed by atoms with van der Waals surface area (Å²) in [5.41, 5.74) is 11.1. The second kappa shape index (κ2) is 8.45. The third-order valence-electron chi connectivity index (χ3n) is 3.76. The van der Waals surface area contributed by atoms with Crippen LogP contribution in [0.3, 0.4) is 0 Å². The summed E-state index contributed by atoms with van der Waals surface area (Å²) in [6, 6.07) is 1.70. The lowest BCUT2D eigenvalue weighted by molar-refractivity contribution is 0.414. The Morgan fingerprint density at radius 2 is 0.905 bits per heavy atom. The zero-order chi connectivity index (χ0) is 16.6. The molecule has 2 nitrogen and oxygen atoms in total. The van der Waals surface area contributed by atoms with Crippen LogP contribution in [-0.4, -0.2) is 25.2 Å². The van der Waals surface area contributed by atoms with Crippen molar-refractivity contribution in [1.29, 1.82) is 0 Å². The van der Waals surface area contributed by atoms with Gasteiger partial charge < -0.3 is 8.23 Å². The molecule has 0 aromatic heterocycles. The highest BCUT2D eigenvalue weighted by molar-refractivity contribution is 6.98. The first-order valence-corrected chi connectivity index (χ1v) is 13.6. The lowest BCUT2D eigenvalue weighted by Crippen LogP contribution is -2.55. The van der Waals surface area contributed by atoms with Crippen LogP contribution in [0.4, 0.5) is 0 Å². The van der Waals surface area contributed by atoms with Gasteiger partial charge in [-0.05, 0) is 23.5 Å². The average molecular weight is 337 g/mol. The molecule has 0 heterocycles. The Morgan fingerprint density at radius 1 is 0.619 bits per heavy atom. The third-order valence-corrected chi connectivity index (χ3v) is 15.5. The number of hydrogen-bond donors (Lipinski definition) is 0. The van der Waals surface area contributed by atoms with Crippen LogP contribution >= 0.6 is 0 Å². The summed E-state index contributed by atoms with van der Waals surface area (Å²) in [6.45, 7) is 27.7. The minimum absolute atomic E-state index is 0.850. The van der Waals surface area contributed by atoms with Crippen molar-refractivity contribution >= 4 is 25.2 Å². The quantitative estimate of drug-likeness (QED) is 0.479. The predicted molar refractivity (Wildman–Crippen MR) is 102 cm³/mol. The van der Waals surface area contributed by atoms with Crippen LogP contribution in [0.5, 0.6) is 0 Å². The van der Waals surface area contributed by atoms with E-state index in [1.165, 1.54) is 0 Å². The van der Waals surface area contributed by atoms with Crippen molar-refractivity contribution in [1.82, 2.24) is 0 Å². The molecular weight excluding hydrogens is 308 g/mol. The van der Waals surface area contributed by atoms with Crippen LogP contribution in [0.2, 0.25) is 12.1 Å². The van der Waals surface area contributed by atoms with Crippen LogP contribution in [0.15, 0.2) is 73.7 Å². The van der Waals surface area contributed by atoms with E-state index in [2.05, 4.69) is 53.3 Å². The van der Waals surface area contributed by atoms with Crippen molar-refractivity contribution < 1.29 is 8.23 Å². The smallest absolute Gasteiger partial charge is 0.371 e. The van der Waals surface area contributed by atoms with Gasteiger partial charge >= 0.3 is 8.56 Å².